The van der Waals surface area contributed by atoms with Crippen molar-refractivity contribution in [1.82, 2.24) is 4.90 Å². The van der Waals surface area contributed by atoms with E-state index in [1.54, 1.807) is 12.0 Å². The number of rotatable bonds is 9. The molecule has 0 saturated carbocycles. The van der Waals surface area contributed by atoms with Crippen LogP contribution in [0.5, 0.6) is 5.75 Å². The first-order chi connectivity index (χ1) is 14.0. The second-order valence-corrected chi connectivity index (χ2v) is 9.03. The third kappa shape index (κ3) is 5.71. The van der Waals surface area contributed by atoms with Crippen LogP contribution in [0.1, 0.15) is 34.1 Å². The van der Waals surface area contributed by atoms with Crippen LogP contribution in [0.4, 0.5) is 5.69 Å². The van der Waals surface area contributed by atoms with Crippen LogP contribution in [0.3, 0.4) is 0 Å². The summed E-state index contributed by atoms with van der Waals surface area (Å²) in [7, 11) is 1.59. The number of benzene rings is 1. The summed E-state index contributed by atoms with van der Waals surface area (Å²) in [5.41, 5.74) is 6.62. The third-order valence-corrected chi connectivity index (χ3v) is 5.94. The molecule has 0 bridgehead atoms. The van der Waals surface area contributed by atoms with Gasteiger partial charge in [0.15, 0.2) is 0 Å². The zero-order valence-corrected chi connectivity index (χ0v) is 18.5. The molecule has 3 atom stereocenters. The van der Waals surface area contributed by atoms with Gasteiger partial charge in [-0.15, -0.1) is 0 Å². The number of carbonyl (C=O) groups excluding carboxylic acids is 1. The highest BCUT2D eigenvalue weighted by atomic mass is 16.5. The first kappa shape index (κ1) is 24.1. The number of carboxylic acids is 1. The van der Waals surface area contributed by atoms with E-state index in [1.807, 2.05) is 56.9 Å². The van der Waals surface area contributed by atoms with Crippen LogP contribution >= 0.6 is 0 Å². The highest BCUT2D eigenvalue weighted by Crippen LogP contribution is 2.29. The molecular formula is C22H35N3O5. The second-order valence-electron chi connectivity index (χ2n) is 9.03. The number of amides is 1. The van der Waals surface area contributed by atoms with Gasteiger partial charge in [-0.3, -0.25) is 14.5 Å². The number of nitrogens with zero attached hydrogens (tertiary/aromatic N) is 2. The van der Waals surface area contributed by atoms with E-state index in [2.05, 4.69) is 0 Å². The molecule has 1 aromatic carbocycles. The average molecular weight is 422 g/mol. The van der Waals surface area contributed by atoms with Crippen molar-refractivity contribution in [2.45, 2.75) is 51.8 Å². The lowest BCUT2D eigenvalue weighted by atomic mass is 9.87. The summed E-state index contributed by atoms with van der Waals surface area (Å²) < 4.78 is 5.26. The normalized spacial score (nSPS) is 20.1. The van der Waals surface area contributed by atoms with Crippen molar-refractivity contribution in [3.8, 4) is 5.75 Å². The van der Waals surface area contributed by atoms with Gasteiger partial charge in [-0.05, 0) is 38.3 Å². The van der Waals surface area contributed by atoms with Gasteiger partial charge in [-0.2, -0.15) is 0 Å². The van der Waals surface area contributed by atoms with E-state index in [0.717, 1.165) is 5.69 Å². The fraction of sp³-hybridized carbons (Fsp3) is 0.636. The molecule has 0 aromatic heterocycles. The largest absolute Gasteiger partial charge is 0.497 e. The van der Waals surface area contributed by atoms with Crippen molar-refractivity contribution in [2.75, 3.05) is 31.6 Å². The van der Waals surface area contributed by atoms with Crippen LogP contribution in [0.15, 0.2) is 24.3 Å². The van der Waals surface area contributed by atoms with Gasteiger partial charge in [-0.1, -0.05) is 19.9 Å². The molecule has 1 aliphatic heterocycles. The number of ether oxygens (including phenoxy) is 1. The van der Waals surface area contributed by atoms with E-state index >= 15 is 0 Å². The minimum atomic E-state index is -0.962. The average Bonchev–Trinajstić information content (AvgIpc) is 2.67. The van der Waals surface area contributed by atoms with Crippen molar-refractivity contribution in [2.24, 2.45) is 17.6 Å². The van der Waals surface area contributed by atoms with Gasteiger partial charge in [0, 0.05) is 36.4 Å². The molecule has 1 saturated heterocycles. The molecular weight excluding hydrogens is 386 g/mol. The number of carboxylic acid groups (broad SMARTS) is 1. The van der Waals surface area contributed by atoms with Gasteiger partial charge in [0.25, 0.3) is 0 Å². The van der Waals surface area contributed by atoms with E-state index in [-0.39, 0.29) is 30.3 Å². The lowest BCUT2D eigenvalue weighted by molar-refractivity contribution is -0.144. The van der Waals surface area contributed by atoms with Crippen LogP contribution in [0.25, 0.3) is 0 Å². The molecule has 1 aliphatic rings. The first-order valence-corrected chi connectivity index (χ1v) is 10.3. The summed E-state index contributed by atoms with van der Waals surface area (Å²) in [6.07, 6.45) is -0.873. The second kappa shape index (κ2) is 9.76. The standard InChI is InChI=1S/C22H35N3O5/c1-14(2)17(21(28)29)10-19(26)18(23)11-24-12-20(27)25(13-22(24,3)4)15-7-6-8-16(9-15)30-5/h6-9,14,17-19,26H,10-13,23H2,1-5H3,(H,28,29). The van der Waals surface area contributed by atoms with Crippen molar-refractivity contribution in [3.63, 3.8) is 0 Å². The topological polar surface area (TPSA) is 116 Å². The molecule has 1 heterocycles. The predicted molar refractivity (Wildman–Crippen MR) is 116 cm³/mol. The Labute approximate surface area is 178 Å². The van der Waals surface area contributed by atoms with Crippen molar-refractivity contribution >= 4 is 17.6 Å². The minimum Gasteiger partial charge on any atom is -0.497 e. The molecule has 1 aromatic rings. The zero-order valence-electron chi connectivity index (χ0n) is 18.5. The number of methoxy groups -OCH3 is 1. The van der Waals surface area contributed by atoms with Crippen molar-refractivity contribution in [1.29, 1.82) is 0 Å². The first-order valence-electron chi connectivity index (χ1n) is 10.3. The predicted octanol–water partition coefficient (Wildman–Crippen LogP) is 1.56. The molecule has 1 fully saturated rings. The zero-order chi connectivity index (χ0) is 22.6. The van der Waals surface area contributed by atoms with Crippen LogP contribution < -0.4 is 15.4 Å². The molecule has 3 unspecified atom stereocenters. The highest BCUT2D eigenvalue weighted by Gasteiger charge is 2.40. The maximum absolute atomic E-state index is 12.9. The molecule has 2 rings (SSSR count). The van der Waals surface area contributed by atoms with Gasteiger partial charge in [0.05, 0.1) is 25.7 Å². The van der Waals surface area contributed by atoms with Crippen LogP contribution in [0.2, 0.25) is 0 Å². The Balaban J connectivity index is 2.07. The van der Waals surface area contributed by atoms with Crippen LogP contribution in [-0.4, -0.2) is 71.4 Å². The van der Waals surface area contributed by atoms with E-state index in [0.29, 0.717) is 18.8 Å². The van der Waals surface area contributed by atoms with E-state index in [1.165, 1.54) is 0 Å². The number of aliphatic hydroxyl groups excluding tert-OH is 1. The lowest BCUT2D eigenvalue weighted by Crippen LogP contribution is -2.64. The number of anilines is 1. The number of carbonyl (C=O) groups is 2. The number of aliphatic carboxylic acids is 1. The number of hydrogen-bond donors (Lipinski definition) is 3. The molecule has 4 N–H and O–H groups in total. The Morgan fingerprint density at radius 2 is 2.00 bits per heavy atom. The fourth-order valence-corrected chi connectivity index (χ4v) is 3.83. The summed E-state index contributed by atoms with van der Waals surface area (Å²) in [6.45, 7) is 8.62. The van der Waals surface area contributed by atoms with Crippen LogP contribution in [-0.2, 0) is 9.59 Å². The Kier molecular flexibility index (Phi) is 7.85. The summed E-state index contributed by atoms with van der Waals surface area (Å²) in [6, 6.07) is 6.73. The summed E-state index contributed by atoms with van der Waals surface area (Å²) >= 11 is 0. The Morgan fingerprint density at radius 1 is 1.33 bits per heavy atom. The maximum atomic E-state index is 12.9. The highest BCUT2D eigenvalue weighted by molar-refractivity contribution is 5.96. The van der Waals surface area contributed by atoms with Crippen molar-refractivity contribution < 1.29 is 24.5 Å². The number of hydrogen-bond acceptors (Lipinski definition) is 6. The molecule has 1 amide bonds. The van der Waals surface area contributed by atoms with Gasteiger partial charge in [-0.25, -0.2) is 0 Å². The van der Waals surface area contributed by atoms with Crippen molar-refractivity contribution in [3.05, 3.63) is 24.3 Å². The number of nitrogens with two attached hydrogens (primary N) is 1. The molecule has 0 spiro atoms. The van der Waals surface area contributed by atoms with E-state index in [4.69, 9.17) is 10.5 Å². The van der Waals surface area contributed by atoms with Gasteiger partial charge in [0.1, 0.15) is 5.75 Å². The number of aliphatic hydroxyl groups is 1. The molecule has 8 nitrogen and oxygen atoms in total. The van der Waals surface area contributed by atoms with E-state index in [9.17, 15) is 19.8 Å². The molecule has 168 valence electrons. The fourth-order valence-electron chi connectivity index (χ4n) is 3.83. The lowest BCUT2D eigenvalue weighted by Gasteiger charge is -2.47. The Morgan fingerprint density at radius 3 is 2.57 bits per heavy atom. The van der Waals surface area contributed by atoms with Gasteiger partial charge < -0.3 is 25.6 Å². The van der Waals surface area contributed by atoms with E-state index < -0.39 is 24.0 Å². The third-order valence-electron chi connectivity index (χ3n) is 5.94. The smallest absolute Gasteiger partial charge is 0.306 e. The molecule has 0 aliphatic carbocycles. The maximum Gasteiger partial charge on any atom is 0.306 e. The number of piperazine rings is 1. The summed E-state index contributed by atoms with van der Waals surface area (Å²) in [5.74, 6) is -1.07. The quantitative estimate of drug-likeness (QED) is 0.554. The van der Waals surface area contributed by atoms with Crippen LogP contribution in [0, 0.1) is 11.8 Å². The summed E-state index contributed by atoms with van der Waals surface area (Å²) in [4.78, 5) is 28.0. The SMILES string of the molecule is COc1cccc(N2CC(C)(C)N(CC(N)C(O)CC(C(=O)O)C(C)C)CC2=O)c1. The minimum absolute atomic E-state index is 0.0603. The monoisotopic (exact) mass is 421 g/mol. The molecule has 30 heavy (non-hydrogen) atoms. The summed E-state index contributed by atoms with van der Waals surface area (Å²) in [5, 5.41) is 19.9. The van der Waals surface area contributed by atoms with Gasteiger partial charge >= 0.3 is 5.97 Å². The Hall–Kier alpha value is -2.16. The van der Waals surface area contributed by atoms with Gasteiger partial charge in [0.2, 0.25) is 5.91 Å². The molecule has 0 radical (unpaired) electrons. The molecule has 8 heteroatoms. The Bertz CT molecular complexity index is 752.